The van der Waals surface area contributed by atoms with Crippen molar-refractivity contribution in [3.8, 4) is 17.2 Å². The molecule has 1 unspecified atom stereocenters. The van der Waals surface area contributed by atoms with E-state index in [4.69, 9.17) is 14.2 Å². The molecule has 23 heavy (non-hydrogen) atoms. The van der Waals surface area contributed by atoms with Gasteiger partial charge in [0.2, 0.25) is 0 Å². The Morgan fingerprint density at radius 2 is 1.52 bits per heavy atom. The Balaban J connectivity index is 1.94. The summed E-state index contributed by atoms with van der Waals surface area (Å²) in [7, 11) is 4.72. The van der Waals surface area contributed by atoms with Crippen LogP contribution in [0.15, 0.2) is 36.4 Å². The predicted molar refractivity (Wildman–Crippen MR) is 86.4 cm³/mol. The highest BCUT2D eigenvalue weighted by Gasteiger charge is 2.26. The number of ether oxygens (including phenoxy) is 3. The summed E-state index contributed by atoms with van der Waals surface area (Å²) in [6.45, 7) is 0. The van der Waals surface area contributed by atoms with Gasteiger partial charge in [0, 0.05) is 6.07 Å². The monoisotopic (exact) mass is 314 g/mol. The van der Waals surface area contributed by atoms with Crippen molar-refractivity contribution in [2.45, 2.75) is 6.17 Å². The third-order valence-corrected chi connectivity index (χ3v) is 3.79. The van der Waals surface area contributed by atoms with Crippen molar-refractivity contribution >= 4 is 11.6 Å². The normalized spacial score (nSPS) is 16.0. The van der Waals surface area contributed by atoms with Crippen molar-refractivity contribution in [2.24, 2.45) is 0 Å². The van der Waals surface area contributed by atoms with E-state index >= 15 is 0 Å². The van der Waals surface area contributed by atoms with Gasteiger partial charge in [0.15, 0.2) is 11.5 Å². The number of benzene rings is 2. The number of carbonyl (C=O) groups is 1. The fourth-order valence-corrected chi connectivity index (χ4v) is 2.55. The minimum absolute atomic E-state index is 0.166. The smallest absolute Gasteiger partial charge is 0.255 e. The van der Waals surface area contributed by atoms with Gasteiger partial charge in [-0.3, -0.25) is 4.79 Å². The highest BCUT2D eigenvalue weighted by atomic mass is 16.5. The first-order valence-corrected chi connectivity index (χ1v) is 7.13. The Labute approximate surface area is 134 Å². The summed E-state index contributed by atoms with van der Waals surface area (Å²) < 4.78 is 15.7. The maximum atomic E-state index is 12.4. The number of amides is 1. The molecular formula is C17H18N2O4. The van der Waals surface area contributed by atoms with Crippen LogP contribution in [0.3, 0.4) is 0 Å². The van der Waals surface area contributed by atoms with Crippen LogP contribution in [0.1, 0.15) is 22.1 Å². The minimum Gasteiger partial charge on any atom is -0.497 e. The average Bonchev–Trinajstić information content (AvgIpc) is 2.60. The molecule has 1 aliphatic heterocycles. The lowest BCUT2D eigenvalue weighted by molar-refractivity contribution is 0.0935. The third-order valence-electron chi connectivity index (χ3n) is 3.79. The second kappa shape index (κ2) is 6.08. The first-order chi connectivity index (χ1) is 11.2. The number of fused-ring (bicyclic) bond motifs is 1. The number of methoxy groups -OCH3 is 3. The van der Waals surface area contributed by atoms with Gasteiger partial charge in [-0.1, -0.05) is 12.1 Å². The molecule has 2 N–H and O–H groups in total. The van der Waals surface area contributed by atoms with Gasteiger partial charge < -0.3 is 24.8 Å². The van der Waals surface area contributed by atoms with Crippen LogP contribution in [-0.4, -0.2) is 27.2 Å². The van der Waals surface area contributed by atoms with Gasteiger partial charge in [0.05, 0.1) is 32.6 Å². The van der Waals surface area contributed by atoms with Crippen LogP contribution >= 0.6 is 0 Å². The van der Waals surface area contributed by atoms with Crippen LogP contribution in [0.5, 0.6) is 17.2 Å². The Morgan fingerprint density at radius 1 is 0.870 bits per heavy atom. The highest BCUT2D eigenvalue weighted by Crippen LogP contribution is 2.36. The molecule has 1 heterocycles. The molecule has 6 nitrogen and oxygen atoms in total. The summed E-state index contributed by atoms with van der Waals surface area (Å²) in [5, 5.41) is 6.23. The lowest BCUT2D eigenvalue weighted by atomic mass is 10.0. The number of nitrogens with one attached hydrogen (secondary N) is 2. The first-order valence-electron chi connectivity index (χ1n) is 7.13. The number of anilines is 1. The molecule has 0 bridgehead atoms. The molecule has 0 saturated carbocycles. The fourth-order valence-electron chi connectivity index (χ4n) is 2.55. The van der Waals surface area contributed by atoms with E-state index in [1.165, 1.54) is 0 Å². The maximum Gasteiger partial charge on any atom is 0.255 e. The molecule has 120 valence electrons. The molecule has 1 aliphatic rings. The summed E-state index contributed by atoms with van der Waals surface area (Å²) >= 11 is 0. The molecule has 2 aromatic rings. The van der Waals surface area contributed by atoms with Crippen molar-refractivity contribution in [1.82, 2.24) is 5.32 Å². The van der Waals surface area contributed by atoms with Crippen LogP contribution in [0.4, 0.5) is 5.69 Å². The predicted octanol–water partition coefficient (Wildman–Crippen LogP) is 2.57. The van der Waals surface area contributed by atoms with Gasteiger partial charge in [-0.15, -0.1) is 0 Å². The number of rotatable bonds is 4. The van der Waals surface area contributed by atoms with E-state index in [9.17, 15) is 4.79 Å². The average molecular weight is 314 g/mol. The van der Waals surface area contributed by atoms with E-state index in [0.717, 1.165) is 11.3 Å². The van der Waals surface area contributed by atoms with Crippen molar-refractivity contribution in [2.75, 3.05) is 26.6 Å². The Hall–Kier alpha value is -2.89. The molecule has 2 aromatic carbocycles. The molecule has 0 fully saturated rings. The van der Waals surface area contributed by atoms with E-state index in [2.05, 4.69) is 10.6 Å². The quantitative estimate of drug-likeness (QED) is 0.908. The van der Waals surface area contributed by atoms with Crippen LogP contribution in [0.2, 0.25) is 0 Å². The fraction of sp³-hybridized carbons (Fsp3) is 0.235. The van der Waals surface area contributed by atoms with E-state index in [1.807, 2.05) is 24.3 Å². The maximum absolute atomic E-state index is 12.4. The summed E-state index contributed by atoms with van der Waals surface area (Å²) in [5.74, 6) is 1.69. The van der Waals surface area contributed by atoms with E-state index < -0.39 is 0 Å². The van der Waals surface area contributed by atoms with E-state index in [0.29, 0.717) is 22.7 Å². The van der Waals surface area contributed by atoms with E-state index in [1.54, 1.807) is 33.5 Å². The highest BCUT2D eigenvalue weighted by molar-refractivity contribution is 6.02. The van der Waals surface area contributed by atoms with Gasteiger partial charge in [-0.05, 0) is 23.8 Å². The minimum atomic E-state index is -0.320. The third kappa shape index (κ3) is 2.75. The first kappa shape index (κ1) is 15.0. The Bertz CT molecular complexity index is 728. The molecule has 0 spiro atoms. The zero-order valence-electron chi connectivity index (χ0n) is 13.2. The van der Waals surface area contributed by atoms with Crippen molar-refractivity contribution in [1.29, 1.82) is 0 Å². The van der Waals surface area contributed by atoms with Crippen molar-refractivity contribution in [3.05, 3.63) is 47.5 Å². The van der Waals surface area contributed by atoms with Crippen LogP contribution in [-0.2, 0) is 0 Å². The second-order valence-corrected chi connectivity index (χ2v) is 5.08. The van der Waals surface area contributed by atoms with Gasteiger partial charge in [0.25, 0.3) is 5.91 Å². The number of hydrogen-bond donors (Lipinski definition) is 2. The topological polar surface area (TPSA) is 68.8 Å². The van der Waals surface area contributed by atoms with Crippen LogP contribution in [0.25, 0.3) is 0 Å². The molecular weight excluding hydrogens is 296 g/mol. The Kier molecular flexibility index (Phi) is 3.97. The second-order valence-electron chi connectivity index (χ2n) is 5.08. The lowest BCUT2D eigenvalue weighted by Crippen LogP contribution is -2.38. The molecule has 3 rings (SSSR count). The molecule has 1 atom stereocenters. The van der Waals surface area contributed by atoms with Gasteiger partial charge >= 0.3 is 0 Å². The molecule has 0 radical (unpaired) electrons. The summed E-state index contributed by atoms with van der Waals surface area (Å²) in [4.78, 5) is 12.4. The molecule has 1 amide bonds. The molecule has 0 saturated heterocycles. The van der Waals surface area contributed by atoms with Gasteiger partial charge in [-0.25, -0.2) is 0 Å². The van der Waals surface area contributed by atoms with Gasteiger partial charge in [-0.2, -0.15) is 0 Å². The summed E-state index contributed by atoms with van der Waals surface area (Å²) in [5.41, 5.74) is 2.15. The largest absolute Gasteiger partial charge is 0.497 e. The zero-order valence-corrected chi connectivity index (χ0v) is 13.2. The number of carbonyl (C=O) groups excluding carboxylic acids is 1. The van der Waals surface area contributed by atoms with Crippen LogP contribution in [0, 0.1) is 0 Å². The molecule has 6 heteroatoms. The Morgan fingerprint density at radius 3 is 2.13 bits per heavy atom. The van der Waals surface area contributed by atoms with Gasteiger partial charge in [0.1, 0.15) is 11.9 Å². The summed E-state index contributed by atoms with van der Waals surface area (Å²) in [6.07, 6.45) is -0.320. The van der Waals surface area contributed by atoms with Crippen LogP contribution < -0.4 is 24.8 Å². The lowest BCUT2D eigenvalue weighted by Gasteiger charge is -2.29. The zero-order chi connectivity index (χ0) is 16.4. The molecule has 0 aromatic heterocycles. The SMILES string of the molecule is COc1ccc(C2NC(=O)c3cc(OC)c(OC)cc3N2)cc1. The summed E-state index contributed by atoms with van der Waals surface area (Å²) in [6, 6.07) is 11.0. The number of hydrogen-bond acceptors (Lipinski definition) is 5. The standard InChI is InChI=1S/C17H18N2O4/c1-21-11-6-4-10(5-7-11)16-18-13-9-15(23-3)14(22-2)8-12(13)17(20)19-16/h4-9,16,18H,1-3H3,(H,19,20). The van der Waals surface area contributed by atoms with Crippen molar-refractivity contribution in [3.63, 3.8) is 0 Å². The van der Waals surface area contributed by atoms with Crippen molar-refractivity contribution < 1.29 is 19.0 Å². The van der Waals surface area contributed by atoms with E-state index in [-0.39, 0.29) is 12.1 Å². The molecule has 0 aliphatic carbocycles.